The molecule has 0 unspecified atom stereocenters. The first kappa shape index (κ1) is 18.5. The summed E-state index contributed by atoms with van der Waals surface area (Å²) in [5.74, 6) is 0. The molecule has 144 valence electrons. The van der Waals surface area contributed by atoms with Crippen molar-refractivity contribution in [1.29, 1.82) is 0 Å². The summed E-state index contributed by atoms with van der Waals surface area (Å²) in [4.78, 5) is 7.28. The van der Waals surface area contributed by atoms with Crippen LogP contribution in [0.5, 0.6) is 0 Å². The number of anilines is 1. The first-order valence-corrected chi connectivity index (χ1v) is 10.0. The molecule has 0 amide bonds. The lowest BCUT2D eigenvalue weighted by Gasteiger charge is -2.20. The number of benzene rings is 1. The molecular weight excluding hydrogens is 344 g/mol. The minimum atomic E-state index is 0.738. The summed E-state index contributed by atoms with van der Waals surface area (Å²) in [6.07, 6.45) is 10.8. The molecule has 0 radical (unpaired) electrons. The van der Waals surface area contributed by atoms with E-state index in [1.54, 1.807) is 0 Å². The van der Waals surface area contributed by atoms with Gasteiger partial charge in [-0.3, -0.25) is 4.90 Å². The Bertz CT molecular complexity index is 1000. The molecular formula is C24H28N4. The molecule has 2 N–H and O–H groups in total. The van der Waals surface area contributed by atoms with E-state index in [9.17, 15) is 0 Å². The largest absolute Gasteiger partial charge is 0.398 e. The Kier molecular flexibility index (Phi) is 5.31. The van der Waals surface area contributed by atoms with Crippen molar-refractivity contribution in [2.45, 2.75) is 32.2 Å². The summed E-state index contributed by atoms with van der Waals surface area (Å²) >= 11 is 0. The molecule has 0 saturated carbocycles. The van der Waals surface area contributed by atoms with E-state index >= 15 is 0 Å². The molecule has 2 heterocycles. The fourth-order valence-electron chi connectivity index (χ4n) is 4.15. The monoisotopic (exact) mass is 372 g/mol. The Labute approximate surface area is 167 Å². The fraction of sp³-hybridized carbons (Fsp3) is 0.292. The number of hydrogen-bond acceptors (Lipinski definition) is 3. The summed E-state index contributed by atoms with van der Waals surface area (Å²) in [6, 6.07) is 10.8. The van der Waals surface area contributed by atoms with Crippen molar-refractivity contribution in [1.82, 2.24) is 14.3 Å². The SMILES string of the molecule is C=CCN(CC=C)Cc1c(-c2ccc3c(c2)CCCC3)nc2ccc(N)cn12. The van der Waals surface area contributed by atoms with Crippen LogP contribution in [0.4, 0.5) is 5.69 Å². The van der Waals surface area contributed by atoms with Crippen molar-refractivity contribution in [3.05, 3.63) is 78.7 Å². The zero-order valence-corrected chi connectivity index (χ0v) is 16.4. The van der Waals surface area contributed by atoms with Gasteiger partial charge in [-0.15, -0.1) is 13.2 Å². The Morgan fingerprint density at radius 3 is 2.54 bits per heavy atom. The van der Waals surface area contributed by atoms with Crippen LogP contribution in [0.15, 0.2) is 61.8 Å². The number of pyridine rings is 1. The average Bonchev–Trinajstić information content (AvgIpc) is 3.05. The molecule has 4 heteroatoms. The summed E-state index contributed by atoms with van der Waals surface area (Å²) in [5, 5.41) is 0. The van der Waals surface area contributed by atoms with Gasteiger partial charge in [0, 0.05) is 37.1 Å². The van der Waals surface area contributed by atoms with Gasteiger partial charge in [0.05, 0.1) is 11.4 Å². The van der Waals surface area contributed by atoms with Crippen LogP contribution in [0, 0.1) is 0 Å². The second-order valence-corrected chi connectivity index (χ2v) is 7.56. The smallest absolute Gasteiger partial charge is 0.137 e. The number of fused-ring (bicyclic) bond motifs is 2. The van der Waals surface area contributed by atoms with Crippen LogP contribution in [-0.4, -0.2) is 27.4 Å². The summed E-state index contributed by atoms with van der Waals surface area (Å²) in [7, 11) is 0. The lowest BCUT2D eigenvalue weighted by atomic mass is 9.90. The zero-order chi connectivity index (χ0) is 19.5. The first-order valence-electron chi connectivity index (χ1n) is 10.0. The van der Waals surface area contributed by atoms with Crippen LogP contribution >= 0.6 is 0 Å². The molecule has 0 spiro atoms. The van der Waals surface area contributed by atoms with Gasteiger partial charge in [0.15, 0.2) is 0 Å². The van der Waals surface area contributed by atoms with Gasteiger partial charge in [-0.2, -0.15) is 0 Å². The summed E-state index contributed by atoms with van der Waals surface area (Å²) in [6.45, 7) is 10.2. The third-order valence-electron chi connectivity index (χ3n) is 5.51. The lowest BCUT2D eigenvalue weighted by Crippen LogP contribution is -2.24. The normalized spacial score (nSPS) is 13.6. The van der Waals surface area contributed by atoms with E-state index in [0.717, 1.165) is 48.8 Å². The number of aromatic nitrogens is 2. The lowest BCUT2D eigenvalue weighted by molar-refractivity contribution is 0.323. The van der Waals surface area contributed by atoms with Crippen LogP contribution < -0.4 is 5.73 Å². The highest BCUT2D eigenvalue weighted by atomic mass is 15.1. The topological polar surface area (TPSA) is 46.6 Å². The molecule has 4 nitrogen and oxygen atoms in total. The van der Waals surface area contributed by atoms with Gasteiger partial charge < -0.3 is 10.1 Å². The molecule has 1 aliphatic carbocycles. The molecule has 28 heavy (non-hydrogen) atoms. The van der Waals surface area contributed by atoms with Gasteiger partial charge in [0.2, 0.25) is 0 Å². The molecule has 0 aliphatic heterocycles. The van der Waals surface area contributed by atoms with Crippen molar-refractivity contribution in [2.75, 3.05) is 18.8 Å². The van der Waals surface area contributed by atoms with E-state index in [1.807, 2.05) is 30.5 Å². The molecule has 4 rings (SSSR count). The highest BCUT2D eigenvalue weighted by Crippen LogP contribution is 2.30. The van der Waals surface area contributed by atoms with Crippen molar-refractivity contribution < 1.29 is 0 Å². The third-order valence-corrected chi connectivity index (χ3v) is 5.51. The molecule has 0 atom stereocenters. The van der Waals surface area contributed by atoms with E-state index in [4.69, 9.17) is 10.7 Å². The zero-order valence-electron chi connectivity index (χ0n) is 16.4. The maximum Gasteiger partial charge on any atom is 0.137 e. The molecule has 0 fully saturated rings. The van der Waals surface area contributed by atoms with Gasteiger partial charge in [-0.05, 0) is 55.0 Å². The van der Waals surface area contributed by atoms with Crippen LogP contribution in [0.3, 0.4) is 0 Å². The van der Waals surface area contributed by atoms with E-state index in [1.165, 1.54) is 36.0 Å². The summed E-state index contributed by atoms with van der Waals surface area (Å²) < 4.78 is 2.13. The number of nitrogen functional groups attached to an aromatic ring is 1. The molecule has 0 bridgehead atoms. The van der Waals surface area contributed by atoms with Crippen molar-refractivity contribution in [3.63, 3.8) is 0 Å². The van der Waals surface area contributed by atoms with E-state index in [0.29, 0.717) is 0 Å². The van der Waals surface area contributed by atoms with Crippen molar-refractivity contribution >= 4 is 11.3 Å². The number of hydrogen-bond donors (Lipinski definition) is 1. The van der Waals surface area contributed by atoms with E-state index in [2.05, 4.69) is 40.7 Å². The Morgan fingerprint density at radius 2 is 1.79 bits per heavy atom. The number of nitrogens with zero attached hydrogens (tertiary/aromatic N) is 3. The first-order chi connectivity index (χ1) is 13.7. The molecule has 2 aromatic heterocycles. The Morgan fingerprint density at radius 1 is 1.04 bits per heavy atom. The van der Waals surface area contributed by atoms with E-state index in [-0.39, 0.29) is 0 Å². The highest BCUT2D eigenvalue weighted by molar-refractivity contribution is 5.68. The number of rotatable bonds is 7. The van der Waals surface area contributed by atoms with Gasteiger partial charge in [0.25, 0.3) is 0 Å². The van der Waals surface area contributed by atoms with Gasteiger partial charge in [0.1, 0.15) is 5.65 Å². The highest BCUT2D eigenvalue weighted by Gasteiger charge is 2.18. The second kappa shape index (κ2) is 8.03. The Balaban J connectivity index is 1.83. The van der Waals surface area contributed by atoms with Crippen LogP contribution in [0.2, 0.25) is 0 Å². The predicted molar refractivity (Wildman–Crippen MR) is 117 cm³/mol. The minimum Gasteiger partial charge on any atom is -0.398 e. The van der Waals surface area contributed by atoms with Crippen molar-refractivity contribution in [2.24, 2.45) is 0 Å². The van der Waals surface area contributed by atoms with Gasteiger partial charge >= 0.3 is 0 Å². The number of imidazole rings is 1. The van der Waals surface area contributed by atoms with Crippen LogP contribution in [0.1, 0.15) is 29.7 Å². The Hall–Kier alpha value is -2.85. The van der Waals surface area contributed by atoms with Crippen molar-refractivity contribution in [3.8, 4) is 11.3 Å². The quantitative estimate of drug-likeness (QED) is 0.615. The predicted octanol–water partition coefficient (Wildman–Crippen LogP) is 4.64. The molecule has 1 aromatic carbocycles. The van der Waals surface area contributed by atoms with Crippen LogP contribution in [0.25, 0.3) is 16.9 Å². The minimum absolute atomic E-state index is 0.738. The van der Waals surface area contributed by atoms with Gasteiger partial charge in [-0.25, -0.2) is 4.98 Å². The standard InChI is InChI=1S/C24H28N4/c1-3-13-27(14-4-2)17-22-24(26-23-12-11-21(25)16-28(22)23)20-10-9-18-7-5-6-8-19(18)15-20/h3-4,9-12,15-16H,1-2,5-8,13-14,17,25H2. The molecule has 3 aromatic rings. The van der Waals surface area contributed by atoms with Crippen LogP contribution in [-0.2, 0) is 19.4 Å². The van der Waals surface area contributed by atoms with E-state index < -0.39 is 0 Å². The molecule has 0 saturated heterocycles. The second-order valence-electron chi connectivity index (χ2n) is 7.56. The number of aryl methyl sites for hydroxylation is 2. The average molecular weight is 373 g/mol. The number of nitrogens with two attached hydrogens (primary N) is 1. The van der Waals surface area contributed by atoms with Gasteiger partial charge in [-0.1, -0.05) is 24.3 Å². The summed E-state index contributed by atoms with van der Waals surface area (Å²) in [5.41, 5.74) is 14.1. The molecule has 1 aliphatic rings. The third kappa shape index (κ3) is 3.60. The maximum absolute atomic E-state index is 6.09. The fourth-order valence-corrected chi connectivity index (χ4v) is 4.15. The maximum atomic E-state index is 6.09.